The van der Waals surface area contributed by atoms with Gasteiger partial charge in [0.25, 0.3) is 0 Å². The minimum Gasteiger partial charge on any atom is -0.497 e. The second-order valence-electron chi connectivity index (χ2n) is 3.10. The molecule has 2 heteroatoms. The summed E-state index contributed by atoms with van der Waals surface area (Å²) in [7, 11) is 0. The molecule has 0 bridgehead atoms. The van der Waals surface area contributed by atoms with Gasteiger partial charge in [-0.25, -0.2) is 0 Å². The van der Waals surface area contributed by atoms with Crippen LogP contribution in [-0.2, 0) is 4.74 Å². The van der Waals surface area contributed by atoms with Crippen molar-refractivity contribution in [3.05, 3.63) is 61.8 Å². The zero-order chi connectivity index (χ0) is 10.9. The quantitative estimate of drug-likeness (QED) is 0.384. The maximum absolute atomic E-state index is 5.33. The van der Waals surface area contributed by atoms with E-state index in [2.05, 4.69) is 13.2 Å². The number of hydrogen-bond donors (Lipinski definition) is 0. The Morgan fingerprint density at radius 2 is 2.27 bits per heavy atom. The first-order chi connectivity index (χ1) is 7.38. The number of rotatable bonds is 7. The van der Waals surface area contributed by atoms with E-state index in [1.54, 1.807) is 18.6 Å². The highest BCUT2D eigenvalue weighted by Crippen LogP contribution is 2.21. The van der Waals surface area contributed by atoms with Crippen molar-refractivity contribution < 1.29 is 9.15 Å². The molecular formula is C13H16O2. The van der Waals surface area contributed by atoms with Gasteiger partial charge in [0.15, 0.2) is 0 Å². The summed E-state index contributed by atoms with van der Waals surface area (Å²) in [6, 6.07) is 3.83. The van der Waals surface area contributed by atoms with Gasteiger partial charge in [-0.15, -0.1) is 6.58 Å². The van der Waals surface area contributed by atoms with Crippen molar-refractivity contribution in [3.63, 3.8) is 0 Å². The molecule has 0 fully saturated rings. The number of hydrogen-bond acceptors (Lipinski definition) is 2. The number of allylic oxidation sites excluding steroid dienone is 2. The van der Waals surface area contributed by atoms with E-state index in [-0.39, 0.29) is 5.92 Å². The normalized spacial score (nSPS) is 12.5. The van der Waals surface area contributed by atoms with Crippen LogP contribution in [0.3, 0.4) is 0 Å². The van der Waals surface area contributed by atoms with Gasteiger partial charge in [-0.05, 0) is 24.6 Å². The molecule has 0 N–H and O–H groups in total. The van der Waals surface area contributed by atoms with E-state index in [0.29, 0.717) is 6.61 Å². The van der Waals surface area contributed by atoms with E-state index in [1.807, 2.05) is 24.3 Å². The van der Waals surface area contributed by atoms with Gasteiger partial charge in [-0.2, -0.15) is 0 Å². The van der Waals surface area contributed by atoms with Crippen molar-refractivity contribution in [1.29, 1.82) is 0 Å². The van der Waals surface area contributed by atoms with Crippen LogP contribution < -0.4 is 0 Å². The van der Waals surface area contributed by atoms with E-state index in [0.717, 1.165) is 12.2 Å². The Balaban J connectivity index is 2.54. The average Bonchev–Trinajstić information content (AvgIpc) is 2.76. The maximum Gasteiger partial charge on any atom is 0.111 e. The molecule has 0 amide bonds. The van der Waals surface area contributed by atoms with Crippen LogP contribution in [-0.4, -0.2) is 6.61 Å². The molecule has 80 valence electrons. The van der Waals surface area contributed by atoms with Crippen LogP contribution in [0.4, 0.5) is 0 Å². The molecule has 0 aliphatic carbocycles. The van der Waals surface area contributed by atoms with Crippen molar-refractivity contribution >= 4 is 0 Å². The summed E-state index contributed by atoms with van der Waals surface area (Å²) in [5.41, 5.74) is 0. The second kappa shape index (κ2) is 6.71. The molecule has 0 aliphatic heterocycles. The van der Waals surface area contributed by atoms with Gasteiger partial charge in [-0.3, -0.25) is 0 Å². The lowest BCUT2D eigenvalue weighted by molar-refractivity contribution is 0.287. The first-order valence-electron chi connectivity index (χ1n) is 4.92. The van der Waals surface area contributed by atoms with Gasteiger partial charge in [0.1, 0.15) is 12.4 Å². The lowest BCUT2D eigenvalue weighted by atomic mass is 10.0. The largest absolute Gasteiger partial charge is 0.497 e. The van der Waals surface area contributed by atoms with Crippen molar-refractivity contribution in [2.75, 3.05) is 6.61 Å². The molecule has 15 heavy (non-hydrogen) atoms. The summed E-state index contributed by atoms with van der Waals surface area (Å²) in [6.45, 7) is 7.82. The third-order valence-corrected chi connectivity index (χ3v) is 1.95. The van der Waals surface area contributed by atoms with Gasteiger partial charge in [0.05, 0.1) is 12.5 Å². The molecule has 0 aromatic carbocycles. The van der Waals surface area contributed by atoms with Crippen molar-refractivity contribution in [1.82, 2.24) is 0 Å². The van der Waals surface area contributed by atoms with Crippen LogP contribution in [0.15, 0.2) is 60.5 Å². The summed E-state index contributed by atoms with van der Waals surface area (Å²) in [5.74, 6) is 1.12. The molecule has 2 nitrogen and oxygen atoms in total. The van der Waals surface area contributed by atoms with Crippen molar-refractivity contribution in [2.45, 2.75) is 12.3 Å². The molecule has 1 rings (SSSR count). The molecule has 0 spiro atoms. The molecule has 0 saturated carbocycles. The Kier molecular flexibility index (Phi) is 5.09. The lowest BCUT2D eigenvalue weighted by Gasteiger charge is -2.06. The topological polar surface area (TPSA) is 22.4 Å². The SMILES string of the molecule is C=CCO/C=C/C(CC=C)c1ccco1. The zero-order valence-electron chi connectivity index (χ0n) is 8.76. The third-order valence-electron chi connectivity index (χ3n) is 1.95. The fourth-order valence-corrected chi connectivity index (χ4v) is 1.25. The van der Waals surface area contributed by atoms with Crippen LogP contribution >= 0.6 is 0 Å². The highest BCUT2D eigenvalue weighted by atomic mass is 16.5. The van der Waals surface area contributed by atoms with Gasteiger partial charge >= 0.3 is 0 Å². The molecule has 1 aromatic rings. The Labute approximate surface area is 90.6 Å². The molecule has 0 saturated heterocycles. The Morgan fingerprint density at radius 3 is 2.87 bits per heavy atom. The van der Waals surface area contributed by atoms with E-state index < -0.39 is 0 Å². The Bertz CT molecular complexity index is 309. The standard InChI is InChI=1S/C13H16O2/c1-3-6-12(8-11-14-9-4-2)13-7-5-10-15-13/h3-5,7-8,10-12H,1-2,6,9H2/b11-8+. The summed E-state index contributed by atoms with van der Waals surface area (Å²) < 4.78 is 10.5. The molecule has 0 aliphatic rings. The Morgan fingerprint density at radius 1 is 1.40 bits per heavy atom. The zero-order valence-corrected chi connectivity index (χ0v) is 8.76. The highest BCUT2D eigenvalue weighted by molar-refractivity contribution is 5.13. The summed E-state index contributed by atoms with van der Waals surface area (Å²) in [5, 5.41) is 0. The van der Waals surface area contributed by atoms with Crippen LogP contribution in [0.5, 0.6) is 0 Å². The monoisotopic (exact) mass is 204 g/mol. The van der Waals surface area contributed by atoms with Crippen molar-refractivity contribution in [2.24, 2.45) is 0 Å². The third kappa shape index (κ3) is 3.90. The van der Waals surface area contributed by atoms with E-state index in [1.165, 1.54) is 0 Å². The molecule has 1 aromatic heterocycles. The summed E-state index contributed by atoms with van der Waals surface area (Å²) in [6.07, 6.45) is 9.72. The fourth-order valence-electron chi connectivity index (χ4n) is 1.25. The molecule has 1 atom stereocenters. The fraction of sp³-hybridized carbons (Fsp3) is 0.231. The smallest absolute Gasteiger partial charge is 0.111 e. The van der Waals surface area contributed by atoms with Crippen LogP contribution in [0.2, 0.25) is 0 Å². The first kappa shape index (κ1) is 11.4. The molecular weight excluding hydrogens is 188 g/mol. The molecule has 1 heterocycles. The average molecular weight is 204 g/mol. The number of ether oxygens (including phenoxy) is 1. The highest BCUT2D eigenvalue weighted by Gasteiger charge is 2.08. The predicted octanol–water partition coefficient (Wildman–Crippen LogP) is 3.66. The molecule has 0 radical (unpaired) electrons. The molecule has 1 unspecified atom stereocenters. The summed E-state index contributed by atoms with van der Waals surface area (Å²) in [4.78, 5) is 0. The van der Waals surface area contributed by atoms with E-state index in [4.69, 9.17) is 9.15 Å². The van der Waals surface area contributed by atoms with Gasteiger partial charge in [0.2, 0.25) is 0 Å². The minimum atomic E-state index is 0.197. The van der Waals surface area contributed by atoms with Crippen LogP contribution in [0, 0.1) is 0 Å². The minimum absolute atomic E-state index is 0.197. The second-order valence-corrected chi connectivity index (χ2v) is 3.10. The maximum atomic E-state index is 5.33. The number of furan rings is 1. The van der Waals surface area contributed by atoms with Gasteiger partial charge in [0, 0.05) is 5.92 Å². The van der Waals surface area contributed by atoms with Crippen LogP contribution in [0.25, 0.3) is 0 Å². The van der Waals surface area contributed by atoms with Gasteiger partial charge in [-0.1, -0.05) is 18.7 Å². The van der Waals surface area contributed by atoms with Crippen LogP contribution in [0.1, 0.15) is 18.1 Å². The van der Waals surface area contributed by atoms with E-state index >= 15 is 0 Å². The predicted molar refractivity (Wildman–Crippen MR) is 61.6 cm³/mol. The first-order valence-corrected chi connectivity index (χ1v) is 4.92. The van der Waals surface area contributed by atoms with Crippen molar-refractivity contribution in [3.8, 4) is 0 Å². The van der Waals surface area contributed by atoms with E-state index in [9.17, 15) is 0 Å². The summed E-state index contributed by atoms with van der Waals surface area (Å²) >= 11 is 0. The Hall–Kier alpha value is -1.70. The van der Waals surface area contributed by atoms with Gasteiger partial charge < -0.3 is 9.15 Å². The lowest BCUT2D eigenvalue weighted by Crippen LogP contribution is -1.92.